The van der Waals surface area contributed by atoms with E-state index in [-0.39, 0.29) is 0 Å². The SMILES string of the molecule is C1CCc2nc3c(nc2C1)-c1nc2c(nc1-c1nc4c(nc1-c1nc5c(nc1-3)CCCC5)CCCC4)CCCC2. The zero-order valence-electron chi connectivity index (χ0n) is 22.9. The van der Waals surface area contributed by atoms with Crippen LogP contribution >= 0.6 is 0 Å². The van der Waals surface area contributed by atoms with Crippen LogP contribution in [0.5, 0.6) is 0 Å². The maximum absolute atomic E-state index is 5.34. The normalized spacial score (nSPS) is 18.4. The summed E-state index contributed by atoms with van der Waals surface area (Å²) < 4.78 is 0. The van der Waals surface area contributed by atoms with Gasteiger partial charge in [-0.1, -0.05) is 0 Å². The topological polar surface area (TPSA) is 103 Å². The van der Waals surface area contributed by atoms with Gasteiger partial charge in [0, 0.05) is 0 Å². The predicted molar refractivity (Wildman–Crippen MR) is 151 cm³/mol. The molecule has 8 heteroatoms. The van der Waals surface area contributed by atoms with Crippen molar-refractivity contribution in [1.82, 2.24) is 39.9 Å². The van der Waals surface area contributed by atoms with E-state index in [0.717, 1.165) is 194 Å². The molecule has 0 bridgehead atoms. The Morgan fingerprint density at radius 3 is 0.450 bits per heavy atom. The summed E-state index contributed by atoms with van der Waals surface area (Å²) in [5.41, 5.74) is 15.2. The summed E-state index contributed by atoms with van der Waals surface area (Å²) in [5.74, 6) is 0. The Kier molecular flexibility index (Phi) is 5.14. The van der Waals surface area contributed by atoms with Gasteiger partial charge in [0.1, 0.15) is 45.6 Å². The fraction of sp³-hybridized carbons (Fsp3) is 0.500. The number of aromatic nitrogens is 8. The van der Waals surface area contributed by atoms with Crippen LogP contribution in [0.3, 0.4) is 0 Å². The lowest BCUT2D eigenvalue weighted by atomic mass is 9.93. The summed E-state index contributed by atoms with van der Waals surface area (Å²) in [6.45, 7) is 0. The molecule has 5 aliphatic rings. The highest BCUT2D eigenvalue weighted by molar-refractivity contribution is 5.94. The summed E-state index contributed by atoms with van der Waals surface area (Å²) in [4.78, 5) is 42.7. The molecule has 4 aromatic heterocycles. The Morgan fingerprint density at radius 1 is 0.200 bits per heavy atom. The summed E-state index contributed by atoms with van der Waals surface area (Å²) in [6, 6.07) is 0. The number of aryl methyl sites for hydroxylation is 8. The Bertz CT molecular complexity index is 1320. The molecule has 0 atom stereocenters. The molecule has 4 aromatic rings. The molecule has 4 heterocycles. The van der Waals surface area contributed by atoms with Gasteiger partial charge in [-0.05, 0) is 103 Å². The molecule has 0 saturated carbocycles. The zero-order valence-corrected chi connectivity index (χ0v) is 22.9. The van der Waals surface area contributed by atoms with Gasteiger partial charge in [0.05, 0.1) is 45.6 Å². The maximum atomic E-state index is 5.34. The lowest BCUT2D eigenvalue weighted by Gasteiger charge is -2.26. The van der Waals surface area contributed by atoms with Gasteiger partial charge in [-0.15, -0.1) is 0 Å². The fourth-order valence-corrected chi connectivity index (χ4v) is 7.28. The van der Waals surface area contributed by atoms with Gasteiger partial charge in [-0.25, -0.2) is 39.9 Å². The summed E-state index contributed by atoms with van der Waals surface area (Å²) in [7, 11) is 0. The van der Waals surface area contributed by atoms with Gasteiger partial charge in [0.25, 0.3) is 0 Å². The zero-order chi connectivity index (χ0) is 26.2. The monoisotopic (exact) mass is 528 g/mol. The van der Waals surface area contributed by atoms with Gasteiger partial charge >= 0.3 is 0 Å². The fourth-order valence-electron chi connectivity index (χ4n) is 7.28. The van der Waals surface area contributed by atoms with E-state index in [1.807, 2.05) is 0 Å². The van der Waals surface area contributed by atoms with Crippen molar-refractivity contribution in [1.29, 1.82) is 0 Å². The highest BCUT2D eigenvalue weighted by atomic mass is 15.0. The van der Waals surface area contributed by atoms with Gasteiger partial charge in [-0.3, -0.25) is 0 Å². The first-order chi connectivity index (χ1) is 19.8. The van der Waals surface area contributed by atoms with E-state index >= 15 is 0 Å². The van der Waals surface area contributed by atoms with Crippen LogP contribution in [-0.2, 0) is 51.4 Å². The van der Waals surface area contributed by atoms with Gasteiger partial charge in [0.15, 0.2) is 0 Å². The second-order valence-electron chi connectivity index (χ2n) is 12.1. The van der Waals surface area contributed by atoms with Crippen LogP contribution in [0.1, 0.15) is 96.9 Å². The van der Waals surface area contributed by atoms with E-state index in [0.29, 0.717) is 0 Å². The smallest absolute Gasteiger partial charge is 0.119 e. The Hall–Kier alpha value is -3.68. The van der Waals surface area contributed by atoms with Crippen molar-refractivity contribution in [3.8, 4) is 45.6 Å². The minimum atomic E-state index is 0.799. The van der Waals surface area contributed by atoms with Crippen LogP contribution in [0.25, 0.3) is 45.6 Å². The first kappa shape index (κ1) is 23.1. The van der Waals surface area contributed by atoms with E-state index in [9.17, 15) is 0 Å². The molecule has 9 rings (SSSR count). The van der Waals surface area contributed by atoms with Gasteiger partial charge in [0.2, 0.25) is 0 Å². The van der Waals surface area contributed by atoms with Crippen molar-refractivity contribution >= 4 is 0 Å². The standard InChI is InChI=1S/C32H32N8/c1-2-10-18-17(9-1)33-25-26(34-18)28-30(38-22-14-6-5-13-21(22)36-28)32-31(39-23-15-7-8-16-24(23)40-32)29-27(25)35-19-11-3-4-12-20(19)37-29/h1-16H2. The Balaban J connectivity index is 1.43. The minimum Gasteiger partial charge on any atom is -0.247 e. The highest BCUT2D eigenvalue weighted by Crippen LogP contribution is 2.45. The number of nitrogens with zero attached hydrogens (tertiary/aromatic N) is 8. The molecule has 0 fully saturated rings. The van der Waals surface area contributed by atoms with Crippen LogP contribution < -0.4 is 0 Å². The molecule has 0 aromatic carbocycles. The first-order valence-electron chi connectivity index (χ1n) is 15.4. The molecular weight excluding hydrogens is 496 g/mol. The molecule has 0 amide bonds. The third-order valence-electron chi connectivity index (χ3n) is 9.41. The average molecular weight is 529 g/mol. The van der Waals surface area contributed by atoms with E-state index in [1.54, 1.807) is 0 Å². The van der Waals surface area contributed by atoms with Crippen LogP contribution in [0, 0.1) is 0 Å². The van der Waals surface area contributed by atoms with Gasteiger partial charge < -0.3 is 0 Å². The van der Waals surface area contributed by atoms with Crippen LogP contribution in [0.15, 0.2) is 0 Å². The third-order valence-corrected chi connectivity index (χ3v) is 9.41. The number of hydrogen-bond donors (Lipinski definition) is 0. The van der Waals surface area contributed by atoms with Crippen LogP contribution in [-0.4, -0.2) is 39.9 Å². The van der Waals surface area contributed by atoms with Crippen molar-refractivity contribution in [2.24, 2.45) is 0 Å². The molecule has 40 heavy (non-hydrogen) atoms. The molecule has 0 aliphatic heterocycles. The number of fused-ring (bicyclic) bond motifs is 12. The summed E-state index contributed by atoms with van der Waals surface area (Å²) in [6.07, 6.45) is 16.8. The molecule has 5 aliphatic carbocycles. The van der Waals surface area contributed by atoms with E-state index in [2.05, 4.69) is 0 Å². The molecular formula is C32H32N8. The van der Waals surface area contributed by atoms with E-state index in [1.165, 1.54) is 0 Å². The quantitative estimate of drug-likeness (QED) is 0.265. The maximum Gasteiger partial charge on any atom is 0.119 e. The Labute approximate surface area is 233 Å². The minimum absolute atomic E-state index is 0.799. The third kappa shape index (κ3) is 3.50. The molecule has 0 radical (unpaired) electrons. The molecule has 8 nitrogen and oxygen atoms in total. The van der Waals surface area contributed by atoms with Crippen LogP contribution in [0.2, 0.25) is 0 Å². The van der Waals surface area contributed by atoms with Gasteiger partial charge in [-0.2, -0.15) is 0 Å². The first-order valence-corrected chi connectivity index (χ1v) is 15.4. The van der Waals surface area contributed by atoms with Crippen molar-refractivity contribution < 1.29 is 0 Å². The van der Waals surface area contributed by atoms with E-state index < -0.39 is 0 Å². The van der Waals surface area contributed by atoms with Crippen molar-refractivity contribution in [2.75, 3.05) is 0 Å². The molecule has 200 valence electrons. The second-order valence-corrected chi connectivity index (χ2v) is 12.1. The number of hydrogen-bond acceptors (Lipinski definition) is 8. The van der Waals surface area contributed by atoms with E-state index in [4.69, 9.17) is 39.9 Å². The lowest BCUT2D eigenvalue weighted by molar-refractivity contribution is 0.641. The van der Waals surface area contributed by atoms with Crippen molar-refractivity contribution in [2.45, 2.75) is 103 Å². The van der Waals surface area contributed by atoms with Crippen molar-refractivity contribution in [3.05, 3.63) is 45.6 Å². The Morgan fingerprint density at radius 2 is 0.325 bits per heavy atom. The summed E-state index contributed by atoms with van der Waals surface area (Å²) in [5, 5.41) is 0. The van der Waals surface area contributed by atoms with Crippen molar-refractivity contribution in [3.63, 3.8) is 0 Å². The predicted octanol–water partition coefficient (Wildman–Crippen LogP) is 5.34. The lowest BCUT2D eigenvalue weighted by Crippen LogP contribution is -2.19. The summed E-state index contributed by atoms with van der Waals surface area (Å²) >= 11 is 0. The highest BCUT2D eigenvalue weighted by Gasteiger charge is 2.35. The molecule has 0 spiro atoms. The number of rotatable bonds is 0. The second kappa shape index (κ2) is 8.91. The largest absolute Gasteiger partial charge is 0.247 e. The van der Waals surface area contributed by atoms with Crippen LogP contribution in [0.4, 0.5) is 0 Å². The average Bonchev–Trinajstić information content (AvgIpc) is 3.02. The molecule has 0 saturated heterocycles. The molecule has 0 unspecified atom stereocenters. The molecule has 0 N–H and O–H groups in total.